The zero-order chi connectivity index (χ0) is 40.4. The van der Waals surface area contributed by atoms with Gasteiger partial charge in [-0.1, -0.05) is 23.2 Å². The standard InChI is InChI=1S/C6H3Cl2NO4S.C6H5ClN2O4S.C6H4ClNO5S.C6H5NO3/c2*7-5-4(6(10)11)1-3(2-9-5)14(8,12)13;7-14(12,13)3-1-4(6(10)11)5(9)8-2-3;8-5-4(6(9)10)2-1-3-7-5/h1-2H,(H,10,11);1-2H,(H,10,11)(H2,8,12,13);1-2H,(H,8,9)(H,10,11);1-3H,(H,7,8)(H,9,10). The summed E-state index contributed by atoms with van der Waals surface area (Å²) >= 11 is 10.8. The highest BCUT2D eigenvalue weighted by Gasteiger charge is 2.18. The maximum atomic E-state index is 10.9. The number of carbonyl (C=O) groups is 4. The average Bonchev–Trinajstić information content (AvgIpc) is 3.00. The van der Waals surface area contributed by atoms with Crippen molar-refractivity contribution in [2.24, 2.45) is 5.14 Å². The van der Waals surface area contributed by atoms with Crippen LogP contribution in [0.3, 0.4) is 0 Å². The number of rotatable bonds is 7. The summed E-state index contributed by atoms with van der Waals surface area (Å²) in [5, 5.41) is 38.2. The third kappa shape index (κ3) is 14.0. The highest BCUT2D eigenvalue weighted by Crippen LogP contribution is 2.20. The highest BCUT2D eigenvalue weighted by atomic mass is 35.7. The van der Waals surface area contributed by atoms with E-state index in [2.05, 4.69) is 15.0 Å². The zero-order valence-electron chi connectivity index (χ0n) is 24.6. The third-order valence-corrected chi connectivity index (χ3v) is 9.27. The van der Waals surface area contributed by atoms with Crippen LogP contribution in [0.5, 0.6) is 0 Å². The van der Waals surface area contributed by atoms with Gasteiger partial charge in [0.05, 0.1) is 16.0 Å². The quantitative estimate of drug-likeness (QED) is 0.102. The molecule has 0 aliphatic carbocycles. The summed E-state index contributed by atoms with van der Waals surface area (Å²) in [6.07, 6.45) is 3.99. The van der Waals surface area contributed by atoms with Crippen LogP contribution in [0.4, 0.5) is 0 Å². The van der Waals surface area contributed by atoms with E-state index in [1.54, 1.807) is 0 Å². The second kappa shape index (κ2) is 18.5. The van der Waals surface area contributed by atoms with Crippen LogP contribution in [0.2, 0.25) is 10.3 Å². The number of pyridine rings is 4. The molecule has 0 aliphatic heterocycles. The molecule has 0 aromatic carbocycles. The molecule has 0 fully saturated rings. The topological polar surface area (TPSA) is 369 Å². The smallest absolute Gasteiger partial charge is 0.341 e. The van der Waals surface area contributed by atoms with E-state index >= 15 is 0 Å². The molecule has 4 heterocycles. The lowest BCUT2D eigenvalue weighted by Gasteiger charge is -2.00. The molecule has 8 N–H and O–H groups in total. The van der Waals surface area contributed by atoms with Crippen molar-refractivity contribution in [3.8, 4) is 0 Å². The van der Waals surface area contributed by atoms with Crippen LogP contribution in [0.1, 0.15) is 41.4 Å². The number of carboxylic acid groups (broad SMARTS) is 4. The van der Waals surface area contributed by atoms with Gasteiger partial charge in [0.1, 0.15) is 31.2 Å². The van der Waals surface area contributed by atoms with Crippen molar-refractivity contribution in [1.82, 2.24) is 19.9 Å². The molecular formula is C24H17Cl4N5O16S3. The molecule has 4 aromatic rings. The molecular weight excluding hydrogens is 852 g/mol. The summed E-state index contributed by atoms with van der Waals surface area (Å²) < 4.78 is 64.8. The number of primary sulfonamides is 1. The summed E-state index contributed by atoms with van der Waals surface area (Å²) in [7, 11) is -2.06. The van der Waals surface area contributed by atoms with Gasteiger partial charge in [-0.05, 0) is 30.3 Å². The van der Waals surface area contributed by atoms with Crippen molar-refractivity contribution in [1.29, 1.82) is 0 Å². The van der Waals surface area contributed by atoms with Crippen molar-refractivity contribution in [2.75, 3.05) is 0 Å². The number of nitrogens with two attached hydrogens (primary N) is 1. The van der Waals surface area contributed by atoms with E-state index in [9.17, 15) is 54.0 Å². The summed E-state index contributed by atoms with van der Waals surface area (Å²) in [5.74, 6) is -5.46. The lowest BCUT2D eigenvalue weighted by Crippen LogP contribution is -2.17. The summed E-state index contributed by atoms with van der Waals surface area (Å²) in [5.41, 5.74) is -3.18. The Labute approximate surface area is 308 Å². The SMILES string of the molecule is NS(=O)(=O)c1cnc(Cl)c(C(=O)O)c1.O=C(O)c1cc(S(=O)(=O)Cl)c[nH]c1=O.O=C(O)c1cc(S(=O)(=O)Cl)cnc1Cl.O=C(O)c1ccc[nH]c1=O. The van der Waals surface area contributed by atoms with Gasteiger partial charge in [0.15, 0.2) is 0 Å². The fraction of sp³-hybridized carbons (Fsp3) is 0. The number of aromatic nitrogens is 4. The number of H-pyrrole nitrogens is 2. The molecule has 0 aliphatic rings. The highest BCUT2D eigenvalue weighted by molar-refractivity contribution is 8.14. The van der Waals surface area contributed by atoms with Gasteiger partial charge in [0.2, 0.25) is 10.0 Å². The second-order valence-corrected chi connectivity index (χ2v) is 16.1. The monoisotopic (exact) mass is 867 g/mol. The van der Waals surface area contributed by atoms with Gasteiger partial charge >= 0.3 is 23.9 Å². The maximum Gasteiger partial charge on any atom is 0.341 e. The molecule has 0 bridgehead atoms. The third-order valence-electron chi connectivity index (χ3n) is 5.14. The fourth-order valence-electron chi connectivity index (χ4n) is 2.80. The maximum absolute atomic E-state index is 10.9. The van der Waals surface area contributed by atoms with Crippen LogP contribution in [-0.4, -0.2) is 89.5 Å². The van der Waals surface area contributed by atoms with E-state index in [-0.39, 0.29) is 20.8 Å². The first-order valence-corrected chi connectivity index (χ1v) is 19.2. The Bertz CT molecular complexity index is 2400. The Morgan fingerprint density at radius 1 is 0.615 bits per heavy atom. The number of nitrogens with zero attached hydrogens (tertiary/aromatic N) is 2. The van der Waals surface area contributed by atoms with Crippen molar-refractivity contribution in [2.45, 2.75) is 14.7 Å². The van der Waals surface area contributed by atoms with E-state index < -0.39 is 89.6 Å². The number of carboxylic acids is 4. The zero-order valence-corrected chi connectivity index (χ0v) is 30.1. The Hall–Kier alpha value is -4.95. The van der Waals surface area contributed by atoms with Crippen molar-refractivity contribution in [3.63, 3.8) is 0 Å². The Kier molecular flexibility index (Phi) is 16.0. The van der Waals surface area contributed by atoms with E-state index in [0.29, 0.717) is 6.07 Å². The van der Waals surface area contributed by atoms with Crippen LogP contribution in [0.25, 0.3) is 0 Å². The fourth-order valence-corrected chi connectivity index (χ4v) is 5.07. The predicted octanol–water partition coefficient (Wildman–Crippen LogP) is 1.52. The molecule has 4 aromatic heterocycles. The summed E-state index contributed by atoms with van der Waals surface area (Å²) in [6, 6.07) is 5.11. The minimum absolute atomic E-state index is 0.234. The minimum atomic E-state index is -4.04. The normalized spacial score (nSPS) is 10.9. The Morgan fingerprint density at radius 2 is 1.00 bits per heavy atom. The van der Waals surface area contributed by atoms with Gasteiger partial charge in [-0.2, -0.15) is 0 Å². The molecule has 21 nitrogen and oxygen atoms in total. The Balaban J connectivity index is 0.000000349. The van der Waals surface area contributed by atoms with Crippen LogP contribution >= 0.6 is 44.6 Å². The van der Waals surface area contributed by atoms with Crippen LogP contribution in [0.15, 0.2) is 79.4 Å². The lowest BCUT2D eigenvalue weighted by molar-refractivity contribution is 0.0684. The van der Waals surface area contributed by atoms with Crippen molar-refractivity contribution < 1.29 is 64.9 Å². The second-order valence-electron chi connectivity index (χ2n) is 8.65. The van der Waals surface area contributed by atoms with Crippen molar-refractivity contribution >= 4 is 96.6 Å². The van der Waals surface area contributed by atoms with Gasteiger partial charge in [0, 0.05) is 46.2 Å². The van der Waals surface area contributed by atoms with E-state index in [4.69, 9.17) is 70.1 Å². The molecule has 0 spiro atoms. The number of sulfonamides is 1. The van der Waals surface area contributed by atoms with Crippen LogP contribution in [0, 0.1) is 0 Å². The molecule has 0 atom stereocenters. The number of hydrogen-bond acceptors (Lipinski definition) is 14. The summed E-state index contributed by atoms with van der Waals surface area (Å²) in [4.78, 5) is 72.9. The molecule has 52 heavy (non-hydrogen) atoms. The van der Waals surface area contributed by atoms with E-state index in [1.807, 2.05) is 4.98 Å². The number of halogens is 4. The molecule has 0 saturated heterocycles. The Morgan fingerprint density at radius 3 is 1.37 bits per heavy atom. The molecule has 0 saturated carbocycles. The molecule has 0 amide bonds. The van der Waals surface area contributed by atoms with Crippen LogP contribution < -0.4 is 16.3 Å². The average molecular weight is 869 g/mol. The first-order valence-electron chi connectivity index (χ1n) is 12.2. The largest absolute Gasteiger partial charge is 0.478 e. The number of aromatic carboxylic acids is 4. The van der Waals surface area contributed by atoms with Crippen LogP contribution in [-0.2, 0) is 28.1 Å². The van der Waals surface area contributed by atoms with Gasteiger partial charge in [-0.15, -0.1) is 0 Å². The van der Waals surface area contributed by atoms with E-state index in [1.165, 1.54) is 18.3 Å². The molecule has 28 heteroatoms. The lowest BCUT2D eigenvalue weighted by atomic mass is 10.3. The molecule has 0 unspecified atom stereocenters. The molecule has 280 valence electrons. The first kappa shape index (κ1) is 45.1. The van der Waals surface area contributed by atoms with E-state index in [0.717, 1.165) is 30.7 Å². The molecule has 0 radical (unpaired) electrons. The summed E-state index contributed by atoms with van der Waals surface area (Å²) in [6.45, 7) is 0. The number of nitrogens with one attached hydrogen (secondary N) is 2. The first-order chi connectivity index (χ1) is 23.7. The predicted molar refractivity (Wildman–Crippen MR) is 178 cm³/mol. The minimum Gasteiger partial charge on any atom is -0.478 e. The number of aromatic amines is 2. The van der Waals surface area contributed by atoms with Gasteiger partial charge in [-0.3, -0.25) is 9.59 Å². The van der Waals surface area contributed by atoms with Gasteiger partial charge in [0.25, 0.3) is 29.2 Å². The van der Waals surface area contributed by atoms with Gasteiger partial charge < -0.3 is 30.4 Å². The molecule has 4 rings (SSSR count). The van der Waals surface area contributed by atoms with Gasteiger partial charge in [-0.25, -0.2) is 59.5 Å². The number of hydrogen-bond donors (Lipinski definition) is 7. The van der Waals surface area contributed by atoms with Crippen molar-refractivity contribution in [3.05, 3.63) is 108 Å².